The highest BCUT2D eigenvalue weighted by Gasteiger charge is 2.29. The largest absolute Gasteiger partial charge is 0.467 e. The van der Waals surface area contributed by atoms with E-state index in [0.717, 1.165) is 10.2 Å². The Kier molecular flexibility index (Phi) is 5.55. The number of sulfonamides is 1. The van der Waals surface area contributed by atoms with Gasteiger partial charge in [-0.2, -0.15) is 0 Å². The second-order valence-electron chi connectivity index (χ2n) is 6.67. The predicted molar refractivity (Wildman–Crippen MR) is 109 cm³/mol. The fourth-order valence-corrected chi connectivity index (χ4v) is 5.94. The fourth-order valence-electron chi connectivity index (χ4n) is 3.20. The highest BCUT2D eigenvalue weighted by atomic mass is 35.5. The number of piperidine rings is 1. The number of benzene rings is 2. The minimum Gasteiger partial charge on any atom is -0.467 e. The van der Waals surface area contributed by atoms with Crippen molar-refractivity contribution >= 4 is 43.2 Å². The van der Waals surface area contributed by atoms with E-state index < -0.39 is 10.0 Å². The van der Waals surface area contributed by atoms with Crippen LogP contribution in [-0.2, 0) is 15.8 Å². The van der Waals surface area contributed by atoms with Crippen molar-refractivity contribution in [2.24, 2.45) is 0 Å². The molecule has 1 aliphatic rings. The summed E-state index contributed by atoms with van der Waals surface area (Å²) < 4.78 is 46.7. The van der Waals surface area contributed by atoms with Gasteiger partial charge in [0.1, 0.15) is 17.4 Å². The van der Waals surface area contributed by atoms with Crippen LogP contribution < -0.4 is 4.74 Å². The van der Waals surface area contributed by atoms with Crippen LogP contribution in [0, 0.1) is 5.82 Å². The Balaban J connectivity index is 1.37. The van der Waals surface area contributed by atoms with Gasteiger partial charge in [-0.05, 0) is 42.7 Å². The maximum absolute atomic E-state index is 13.0. The smallest absolute Gasteiger partial charge is 0.274 e. The Morgan fingerprint density at radius 3 is 2.57 bits per heavy atom. The molecule has 4 rings (SSSR count). The van der Waals surface area contributed by atoms with Gasteiger partial charge < -0.3 is 4.74 Å². The number of rotatable bonds is 5. The monoisotopic (exact) mass is 440 g/mol. The summed E-state index contributed by atoms with van der Waals surface area (Å²) in [5.74, 6) is -0.509. The third kappa shape index (κ3) is 4.30. The van der Waals surface area contributed by atoms with Crippen LogP contribution >= 0.6 is 22.9 Å². The van der Waals surface area contributed by atoms with Gasteiger partial charge in [0.25, 0.3) is 5.19 Å². The zero-order chi connectivity index (χ0) is 19.7. The van der Waals surface area contributed by atoms with Gasteiger partial charge in [-0.3, -0.25) is 0 Å². The van der Waals surface area contributed by atoms with Crippen LogP contribution in [0.15, 0.2) is 42.5 Å². The van der Waals surface area contributed by atoms with E-state index in [9.17, 15) is 12.8 Å². The maximum Gasteiger partial charge on any atom is 0.274 e. The molecule has 1 aromatic heterocycles. The maximum atomic E-state index is 13.0. The Morgan fingerprint density at radius 2 is 1.89 bits per heavy atom. The number of ether oxygens (including phenoxy) is 1. The summed E-state index contributed by atoms with van der Waals surface area (Å²) in [4.78, 5) is 4.44. The molecule has 5 nitrogen and oxygen atoms in total. The van der Waals surface area contributed by atoms with E-state index in [-0.39, 0.29) is 17.7 Å². The van der Waals surface area contributed by atoms with E-state index in [2.05, 4.69) is 4.98 Å². The molecule has 0 unspecified atom stereocenters. The van der Waals surface area contributed by atoms with E-state index in [1.807, 2.05) is 12.1 Å². The van der Waals surface area contributed by atoms with Crippen molar-refractivity contribution in [3.05, 3.63) is 58.9 Å². The summed E-state index contributed by atoms with van der Waals surface area (Å²) >= 11 is 7.59. The number of thiazole rings is 1. The average molecular weight is 441 g/mol. The summed E-state index contributed by atoms with van der Waals surface area (Å²) in [5, 5.41) is 1.14. The van der Waals surface area contributed by atoms with Crippen molar-refractivity contribution < 1.29 is 17.5 Å². The number of fused-ring (bicyclic) bond motifs is 1. The lowest BCUT2D eigenvalue weighted by atomic mass is 10.1. The van der Waals surface area contributed by atoms with Gasteiger partial charge in [0.05, 0.1) is 15.5 Å². The van der Waals surface area contributed by atoms with Gasteiger partial charge in [-0.25, -0.2) is 22.1 Å². The topological polar surface area (TPSA) is 59.5 Å². The molecule has 9 heteroatoms. The van der Waals surface area contributed by atoms with Crippen LogP contribution in [0.3, 0.4) is 0 Å². The van der Waals surface area contributed by atoms with Gasteiger partial charge >= 0.3 is 0 Å². The molecule has 0 amide bonds. The molecular formula is C19H18ClFN2O3S2. The van der Waals surface area contributed by atoms with E-state index in [1.54, 1.807) is 6.07 Å². The molecule has 148 valence electrons. The van der Waals surface area contributed by atoms with Gasteiger partial charge in [-0.15, -0.1) is 0 Å². The summed E-state index contributed by atoms with van der Waals surface area (Å²) in [7, 11) is -3.45. The van der Waals surface area contributed by atoms with Crippen molar-refractivity contribution in [2.75, 3.05) is 13.1 Å². The van der Waals surface area contributed by atoms with E-state index in [4.69, 9.17) is 16.3 Å². The second-order valence-corrected chi connectivity index (χ2v) is 10.0. The predicted octanol–water partition coefficient (Wildman–Crippen LogP) is 4.46. The Labute approximate surface area is 171 Å². The molecule has 2 aromatic carbocycles. The van der Waals surface area contributed by atoms with Crippen LogP contribution in [0.5, 0.6) is 5.19 Å². The van der Waals surface area contributed by atoms with Crippen LogP contribution in [0.2, 0.25) is 5.02 Å². The highest BCUT2D eigenvalue weighted by Crippen LogP contribution is 2.33. The molecule has 0 radical (unpaired) electrons. The Hall–Kier alpha value is -1.74. The molecule has 0 saturated carbocycles. The minimum absolute atomic E-state index is 0.0865. The molecule has 0 spiro atoms. The summed E-state index contributed by atoms with van der Waals surface area (Å²) in [6.45, 7) is 0.777. The number of aromatic nitrogens is 1. The number of hydrogen-bond donors (Lipinski definition) is 0. The lowest BCUT2D eigenvalue weighted by molar-refractivity contribution is 0.135. The normalized spacial score (nSPS) is 16.5. The summed E-state index contributed by atoms with van der Waals surface area (Å²) in [5.41, 5.74) is 1.30. The first kappa shape index (κ1) is 19.6. The standard InChI is InChI=1S/C19H18ClFN2O3S2/c20-16-2-1-3-17-18(16)22-19(27-17)26-15-8-10-23(11-9-15)28(24,25)12-13-4-6-14(21)7-5-13/h1-7,15H,8-12H2. The third-order valence-electron chi connectivity index (χ3n) is 4.67. The molecule has 0 aliphatic carbocycles. The zero-order valence-corrected chi connectivity index (χ0v) is 17.2. The van der Waals surface area contributed by atoms with Gasteiger partial charge in [0.2, 0.25) is 10.0 Å². The van der Waals surface area contributed by atoms with Crippen molar-refractivity contribution in [1.29, 1.82) is 0 Å². The van der Waals surface area contributed by atoms with Crippen molar-refractivity contribution in [3.8, 4) is 5.19 Å². The molecule has 1 saturated heterocycles. The molecule has 2 heterocycles. The molecule has 1 fully saturated rings. The Morgan fingerprint density at radius 1 is 1.18 bits per heavy atom. The Bertz CT molecular complexity index is 1080. The third-order valence-corrected chi connectivity index (χ3v) is 7.74. The molecule has 0 bridgehead atoms. The van der Waals surface area contributed by atoms with E-state index in [0.29, 0.717) is 41.7 Å². The average Bonchev–Trinajstić information content (AvgIpc) is 3.08. The number of hydrogen-bond acceptors (Lipinski definition) is 5. The molecule has 28 heavy (non-hydrogen) atoms. The van der Waals surface area contributed by atoms with Gasteiger partial charge in [0.15, 0.2) is 0 Å². The minimum atomic E-state index is -3.45. The number of halogens is 2. The first-order valence-corrected chi connectivity index (χ1v) is 11.6. The van der Waals surface area contributed by atoms with Crippen LogP contribution in [0.25, 0.3) is 10.2 Å². The zero-order valence-electron chi connectivity index (χ0n) is 14.8. The molecule has 0 atom stereocenters. The lowest BCUT2D eigenvalue weighted by Crippen LogP contribution is -2.42. The molecule has 1 aliphatic heterocycles. The lowest BCUT2D eigenvalue weighted by Gasteiger charge is -2.30. The first-order chi connectivity index (χ1) is 13.4. The van der Waals surface area contributed by atoms with E-state index >= 15 is 0 Å². The number of nitrogens with zero attached hydrogens (tertiary/aromatic N) is 2. The quantitative estimate of drug-likeness (QED) is 0.587. The SMILES string of the molecule is O=S(=O)(Cc1ccc(F)cc1)N1CCC(Oc2nc3c(Cl)cccc3s2)CC1. The highest BCUT2D eigenvalue weighted by molar-refractivity contribution is 7.88. The van der Waals surface area contributed by atoms with E-state index in [1.165, 1.54) is 39.9 Å². The van der Waals surface area contributed by atoms with Crippen molar-refractivity contribution in [3.63, 3.8) is 0 Å². The van der Waals surface area contributed by atoms with Crippen molar-refractivity contribution in [2.45, 2.75) is 24.7 Å². The summed E-state index contributed by atoms with van der Waals surface area (Å²) in [6, 6.07) is 11.2. The second kappa shape index (κ2) is 7.94. The molecule has 0 N–H and O–H groups in total. The van der Waals surface area contributed by atoms with Gasteiger partial charge in [-0.1, -0.05) is 41.1 Å². The first-order valence-electron chi connectivity index (χ1n) is 8.85. The van der Waals surface area contributed by atoms with Crippen LogP contribution in [0.4, 0.5) is 4.39 Å². The van der Waals surface area contributed by atoms with Crippen LogP contribution in [-0.4, -0.2) is 36.9 Å². The molecule has 3 aromatic rings. The summed E-state index contributed by atoms with van der Waals surface area (Å²) in [6.07, 6.45) is 1.09. The number of para-hydroxylation sites is 1. The van der Waals surface area contributed by atoms with Gasteiger partial charge in [0, 0.05) is 13.1 Å². The fraction of sp³-hybridized carbons (Fsp3) is 0.316. The van der Waals surface area contributed by atoms with Crippen molar-refractivity contribution in [1.82, 2.24) is 9.29 Å². The van der Waals surface area contributed by atoms with Crippen LogP contribution in [0.1, 0.15) is 18.4 Å². The molecular weight excluding hydrogens is 423 g/mol.